The number of hydrogen-bond donors (Lipinski definition) is 0. The van der Waals surface area contributed by atoms with Crippen molar-refractivity contribution < 1.29 is 9.53 Å². The third-order valence-electron chi connectivity index (χ3n) is 3.95. The standard InChI is InChI=1S/C12H20O2/c1-12(2,3)9-4-5-10-8(6-9)7-14-11(10)13/h8-10H,4-7H2,1-3H3. The van der Waals surface area contributed by atoms with Gasteiger partial charge in [-0.2, -0.15) is 0 Å². The normalized spacial score (nSPS) is 37.9. The molecule has 0 aromatic heterocycles. The summed E-state index contributed by atoms with van der Waals surface area (Å²) in [5, 5.41) is 0. The Morgan fingerprint density at radius 3 is 2.64 bits per heavy atom. The Bertz CT molecular complexity index is 239. The molecule has 2 heteroatoms. The van der Waals surface area contributed by atoms with Crippen LogP contribution < -0.4 is 0 Å². The molecule has 0 aromatic rings. The fourth-order valence-corrected chi connectivity index (χ4v) is 2.84. The molecule has 1 aliphatic heterocycles. The molecule has 2 nitrogen and oxygen atoms in total. The molecule has 3 atom stereocenters. The van der Waals surface area contributed by atoms with Crippen molar-refractivity contribution >= 4 is 5.97 Å². The molecule has 0 radical (unpaired) electrons. The molecule has 0 N–H and O–H groups in total. The molecular weight excluding hydrogens is 176 g/mol. The van der Waals surface area contributed by atoms with Crippen molar-refractivity contribution in [1.82, 2.24) is 0 Å². The van der Waals surface area contributed by atoms with Crippen LogP contribution in [0.1, 0.15) is 40.0 Å². The topological polar surface area (TPSA) is 26.3 Å². The number of ether oxygens (including phenoxy) is 1. The van der Waals surface area contributed by atoms with Crippen LogP contribution >= 0.6 is 0 Å². The molecule has 2 rings (SSSR count). The second kappa shape index (κ2) is 3.25. The molecule has 1 heterocycles. The summed E-state index contributed by atoms with van der Waals surface area (Å²) in [6.07, 6.45) is 3.42. The average molecular weight is 196 g/mol. The zero-order valence-electron chi connectivity index (χ0n) is 9.38. The van der Waals surface area contributed by atoms with E-state index in [0.29, 0.717) is 17.9 Å². The summed E-state index contributed by atoms with van der Waals surface area (Å²) in [5.74, 6) is 1.56. The number of rotatable bonds is 0. The van der Waals surface area contributed by atoms with Crippen molar-refractivity contribution in [3.63, 3.8) is 0 Å². The van der Waals surface area contributed by atoms with Crippen LogP contribution in [0.15, 0.2) is 0 Å². The highest BCUT2D eigenvalue weighted by atomic mass is 16.5. The average Bonchev–Trinajstić information content (AvgIpc) is 2.46. The van der Waals surface area contributed by atoms with Crippen LogP contribution in [0.2, 0.25) is 0 Å². The Morgan fingerprint density at radius 1 is 1.29 bits per heavy atom. The summed E-state index contributed by atoms with van der Waals surface area (Å²) in [6, 6.07) is 0. The minimum Gasteiger partial charge on any atom is -0.465 e. The minimum absolute atomic E-state index is 0.0577. The van der Waals surface area contributed by atoms with Gasteiger partial charge in [0.1, 0.15) is 0 Å². The van der Waals surface area contributed by atoms with Gasteiger partial charge in [0.2, 0.25) is 0 Å². The summed E-state index contributed by atoms with van der Waals surface area (Å²) < 4.78 is 5.12. The van der Waals surface area contributed by atoms with E-state index in [1.165, 1.54) is 12.8 Å². The lowest BCUT2D eigenvalue weighted by molar-refractivity contribution is -0.141. The van der Waals surface area contributed by atoms with Crippen LogP contribution in [0, 0.1) is 23.2 Å². The van der Waals surface area contributed by atoms with E-state index in [9.17, 15) is 4.79 Å². The maximum Gasteiger partial charge on any atom is 0.309 e. The summed E-state index contributed by atoms with van der Waals surface area (Å²) in [4.78, 5) is 11.3. The van der Waals surface area contributed by atoms with Crippen molar-refractivity contribution in [3.8, 4) is 0 Å². The van der Waals surface area contributed by atoms with Gasteiger partial charge in [-0.25, -0.2) is 0 Å². The van der Waals surface area contributed by atoms with Crippen LogP contribution in [0.3, 0.4) is 0 Å². The van der Waals surface area contributed by atoms with Crippen LogP contribution in [-0.4, -0.2) is 12.6 Å². The molecule has 0 aromatic carbocycles. The predicted molar refractivity (Wildman–Crippen MR) is 54.7 cm³/mol. The molecule has 1 saturated heterocycles. The van der Waals surface area contributed by atoms with Crippen molar-refractivity contribution in [2.45, 2.75) is 40.0 Å². The number of cyclic esters (lactones) is 1. The molecule has 0 amide bonds. The zero-order valence-corrected chi connectivity index (χ0v) is 9.38. The molecular formula is C12H20O2. The van der Waals surface area contributed by atoms with Gasteiger partial charge in [0, 0.05) is 5.92 Å². The Hall–Kier alpha value is -0.530. The molecule has 2 aliphatic rings. The number of carbonyl (C=O) groups excluding carboxylic acids is 1. The van der Waals surface area contributed by atoms with E-state index in [2.05, 4.69) is 20.8 Å². The van der Waals surface area contributed by atoms with E-state index in [4.69, 9.17) is 4.74 Å². The highest BCUT2D eigenvalue weighted by Gasteiger charge is 2.43. The summed E-state index contributed by atoms with van der Waals surface area (Å²) >= 11 is 0. The summed E-state index contributed by atoms with van der Waals surface area (Å²) in [6.45, 7) is 7.58. The van der Waals surface area contributed by atoms with E-state index in [1.54, 1.807) is 0 Å². The molecule has 1 aliphatic carbocycles. The van der Waals surface area contributed by atoms with Crippen LogP contribution in [0.25, 0.3) is 0 Å². The number of esters is 1. The minimum atomic E-state index is 0.0577. The number of hydrogen-bond acceptors (Lipinski definition) is 2. The molecule has 0 bridgehead atoms. The second-order valence-corrected chi connectivity index (χ2v) is 5.87. The van der Waals surface area contributed by atoms with E-state index < -0.39 is 0 Å². The Balaban J connectivity index is 2.03. The van der Waals surface area contributed by atoms with E-state index in [1.807, 2.05) is 0 Å². The fourth-order valence-electron chi connectivity index (χ4n) is 2.84. The second-order valence-electron chi connectivity index (χ2n) is 5.87. The summed E-state index contributed by atoms with van der Waals surface area (Å²) in [7, 11) is 0. The van der Waals surface area contributed by atoms with Gasteiger partial charge in [-0.1, -0.05) is 20.8 Å². The Labute approximate surface area is 86.0 Å². The molecule has 80 valence electrons. The number of fused-ring (bicyclic) bond motifs is 1. The monoisotopic (exact) mass is 196 g/mol. The first-order valence-electron chi connectivity index (χ1n) is 5.65. The first-order valence-corrected chi connectivity index (χ1v) is 5.65. The lowest BCUT2D eigenvalue weighted by Crippen LogP contribution is -2.32. The largest absolute Gasteiger partial charge is 0.465 e. The van der Waals surface area contributed by atoms with Gasteiger partial charge >= 0.3 is 5.97 Å². The van der Waals surface area contributed by atoms with E-state index in [0.717, 1.165) is 12.3 Å². The highest BCUT2D eigenvalue weighted by Crippen LogP contribution is 2.45. The van der Waals surface area contributed by atoms with Gasteiger partial charge in [-0.15, -0.1) is 0 Å². The van der Waals surface area contributed by atoms with Crippen molar-refractivity contribution in [2.75, 3.05) is 6.61 Å². The van der Waals surface area contributed by atoms with Crippen molar-refractivity contribution in [2.24, 2.45) is 23.2 Å². The maximum atomic E-state index is 11.3. The Kier molecular flexibility index (Phi) is 2.32. The Morgan fingerprint density at radius 2 is 2.00 bits per heavy atom. The van der Waals surface area contributed by atoms with Gasteiger partial charge in [0.05, 0.1) is 12.5 Å². The van der Waals surface area contributed by atoms with Crippen LogP contribution in [0.4, 0.5) is 0 Å². The number of carbonyl (C=O) groups is 1. The van der Waals surface area contributed by atoms with Gasteiger partial charge in [0.25, 0.3) is 0 Å². The van der Waals surface area contributed by atoms with Crippen LogP contribution in [-0.2, 0) is 9.53 Å². The van der Waals surface area contributed by atoms with Gasteiger partial charge in [0.15, 0.2) is 0 Å². The third-order valence-corrected chi connectivity index (χ3v) is 3.95. The van der Waals surface area contributed by atoms with Gasteiger partial charge < -0.3 is 4.74 Å². The highest BCUT2D eigenvalue weighted by molar-refractivity contribution is 5.74. The smallest absolute Gasteiger partial charge is 0.309 e. The first-order chi connectivity index (χ1) is 6.48. The van der Waals surface area contributed by atoms with Crippen molar-refractivity contribution in [1.29, 1.82) is 0 Å². The lowest BCUT2D eigenvalue weighted by Gasteiger charge is -2.37. The molecule has 0 spiro atoms. The first kappa shape index (κ1) is 10.0. The predicted octanol–water partition coefficient (Wildman–Crippen LogP) is 2.62. The summed E-state index contributed by atoms with van der Waals surface area (Å²) in [5.41, 5.74) is 0.386. The van der Waals surface area contributed by atoms with Crippen LogP contribution in [0.5, 0.6) is 0 Å². The van der Waals surface area contributed by atoms with Gasteiger partial charge in [-0.3, -0.25) is 4.79 Å². The molecule has 14 heavy (non-hydrogen) atoms. The molecule has 1 saturated carbocycles. The van der Waals surface area contributed by atoms with E-state index in [-0.39, 0.29) is 11.9 Å². The molecule has 3 unspecified atom stereocenters. The quantitative estimate of drug-likeness (QED) is 0.557. The SMILES string of the molecule is CC(C)(C)C1CCC2C(=O)OCC2C1. The van der Waals surface area contributed by atoms with E-state index >= 15 is 0 Å². The third kappa shape index (κ3) is 1.67. The lowest BCUT2D eigenvalue weighted by atomic mass is 9.66. The molecule has 2 fully saturated rings. The zero-order chi connectivity index (χ0) is 10.3. The van der Waals surface area contributed by atoms with Crippen molar-refractivity contribution in [3.05, 3.63) is 0 Å². The van der Waals surface area contributed by atoms with Gasteiger partial charge in [-0.05, 0) is 30.6 Å². The maximum absolute atomic E-state index is 11.3. The fraction of sp³-hybridized carbons (Fsp3) is 0.917.